The van der Waals surface area contributed by atoms with Gasteiger partial charge in [0.05, 0.1) is 24.7 Å². The van der Waals surface area contributed by atoms with Gasteiger partial charge < -0.3 is 9.64 Å². The van der Waals surface area contributed by atoms with Crippen molar-refractivity contribution < 1.29 is 13.2 Å². The fraction of sp³-hybridized carbons (Fsp3) is 0.400. The molecule has 2 heterocycles. The summed E-state index contributed by atoms with van der Waals surface area (Å²) in [4.78, 5) is 2.30. The predicted octanol–water partition coefficient (Wildman–Crippen LogP) is 2.46. The first kappa shape index (κ1) is 17.4. The van der Waals surface area contributed by atoms with Crippen LogP contribution in [0.1, 0.15) is 11.1 Å². The number of nitrogens with zero attached hydrogens (tertiary/aromatic N) is 2. The molecule has 0 atom stereocenters. The van der Waals surface area contributed by atoms with Crippen molar-refractivity contribution in [2.75, 3.05) is 47.8 Å². The minimum Gasteiger partial charge on any atom is -0.378 e. The van der Waals surface area contributed by atoms with E-state index in [2.05, 4.69) is 11.0 Å². The molecule has 5 nitrogen and oxygen atoms in total. The van der Waals surface area contributed by atoms with Gasteiger partial charge in [-0.05, 0) is 42.2 Å². The van der Waals surface area contributed by atoms with Crippen molar-refractivity contribution >= 4 is 21.4 Å². The zero-order valence-electron chi connectivity index (χ0n) is 14.8. The van der Waals surface area contributed by atoms with Gasteiger partial charge in [-0.15, -0.1) is 0 Å². The van der Waals surface area contributed by atoms with E-state index in [1.165, 1.54) is 0 Å². The van der Waals surface area contributed by atoms with E-state index >= 15 is 0 Å². The van der Waals surface area contributed by atoms with Crippen LogP contribution in [0.4, 0.5) is 11.4 Å². The molecule has 6 heteroatoms. The molecule has 0 spiro atoms. The molecule has 2 aromatic rings. The van der Waals surface area contributed by atoms with Gasteiger partial charge in [0, 0.05) is 25.3 Å². The highest BCUT2D eigenvalue weighted by Gasteiger charge is 2.29. The number of benzene rings is 2. The van der Waals surface area contributed by atoms with Crippen LogP contribution in [0.3, 0.4) is 0 Å². The smallest absolute Gasteiger partial charge is 0.235 e. The molecule has 0 N–H and O–H groups in total. The highest BCUT2D eigenvalue weighted by Crippen LogP contribution is 2.34. The fourth-order valence-electron chi connectivity index (χ4n) is 3.67. The molecule has 2 aromatic carbocycles. The van der Waals surface area contributed by atoms with Gasteiger partial charge >= 0.3 is 0 Å². The number of ether oxygens (including phenoxy) is 1. The number of sulfonamides is 1. The van der Waals surface area contributed by atoms with Gasteiger partial charge in [-0.1, -0.05) is 30.3 Å². The third-order valence-corrected chi connectivity index (χ3v) is 6.89. The van der Waals surface area contributed by atoms with Crippen molar-refractivity contribution in [2.45, 2.75) is 12.8 Å². The molecule has 26 heavy (non-hydrogen) atoms. The lowest BCUT2D eigenvalue weighted by Crippen LogP contribution is -2.36. The second-order valence-electron chi connectivity index (χ2n) is 6.79. The molecule has 1 saturated heterocycles. The summed E-state index contributed by atoms with van der Waals surface area (Å²) in [6.07, 6.45) is 1.32. The Hall–Kier alpha value is -2.05. The van der Waals surface area contributed by atoms with Crippen LogP contribution in [0.25, 0.3) is 0 Å². The van der Waals surface area contributed by atoms with Gasteiger partial charge in [0.1, 0.15) is 0 Å². The molecule has 2 aliphatic heterocycles. The summed E-state index contributed by atoms with van der Waals surface area (Å²) in [5.41, 5.74) is 4.18. The van der Waals surface area contributed by atoms with Crippen LogP contribution < -0.4 is 9.21 Å². The van der Waals surface area contributed by atoms with Gasteiger partial charge in [0.2, 0.25) is 10.0 Å². The van der Waals surface area contributed by atoms with Crippen molar-refractivity contribution in [2.24, 2.45) is 0 Å². The Bertz CT molecular complexity index is 862. The van der Waals surface area contributed by atoms with Crippen molar-refractivity contribution in [1.29, 1.82) is 0 Å². The molecular weight excluding hydrogens is 348 g/mol. The molecule has 4 rings (SSSR count). The standard InChI is InChI=1S/C20H24N2O3S/c23-26(24,15-9-17-4-2-1-3-5-17)22-10-8-18-16-19(6-7-20(18)22)21-11-13-25-14-12-21/h1-7,16H,8-15H2. The number of fused-ring (bicyclic) bond motifs is 1. The van der Waals surface area contributed by atoms with E-state index in [1.807, 2.05) is 42.5 Å². The number of rotatable bonds is 5. The van der Waals surface area contributed by atoms with Gasteiger partial charge in [-0.3, -0.25) is 4.31 Å². The average molecular weight is 372 g/mol. The molecule has 0 radical (unpaired) electrons. The maximum absolute atomic E-state index is 12.9. The van der Waals surface area contributed by atoms with Crippen LogP contribution in [0.5, 0.6) is 0 Å². The summed E-state index contributed by atoms with van der Waals surface area (Å²) in [5.74, 6) is 0.141. The van der Waals surface area contributed by atoms with Crippen molar-refractivity contribution in [3.8, 4) is 0 Å². The second-order valence-corrected chi connectivity index (χ2v) is 8.80. The number of morpholine rings is 1. The van der Waals surface area contributed by atoms with Crippen molar-refractivity contribution in [3.05, 3.63) is 59.7 Å². The number of aryl methyl sites for hydroxylation is 1. The fourth-order valence-corrected chi connectivity index (χ4v) is 5.23. The van der Waals surface area contributed by atoms with Crippen LogP contribution >= 0.6 is 0 Å². The van der Waals surface area contributed by atoms with Crippen molar-refractivity contribution in [1.82, 2.24) is 0 Å². The summed E-state index contributed by atoms with van der Waals surface area (Å²) in [6.45, 7) is 3.81. The Labute approximate surface area is 155 Å². The normalized spacial score (nSPS) is 17.4. The van der Waals surface area contributed by atoms with E-state index in [9.17, 15) is 8.42 Å². The summed E-state index contributed by atoms with van der Waals surface area (Å²) in [6, 6.07) is 15.9. The lowest BCUT2D eigenvalue weighted by molar-refractivity contribution is 0.122. The first-order chi connectivity index (χ1) is 12.6. The number of anilines is 2. The zero-order chi connectivity index (χ0) is 18.0. The van der Waals surface area contributed by atoms with E-state index in [4.69, 9.17) is 4.74 Å². The lowest BCUT2D eigenvalue weighted by atomic mass is 10.1. The van der Waals surface area contributed by atoms with E-state index < -0.39 is 10.0 Å². The predicted molar refractivity (Wildman–Crippen MR) is 104 cm³/mol. The number of hydrogen-bond acceptors (Lipinski definition) is 4. The lowest BCUT2D eigenvalue weighted by Gasteiger charge is -2.29. The Kier molecular flexibility index (Phi) is 4.87. The molecule has 1 fully saturated rings. The van der Waals surface area contributed by atoms with Crippen molar-refractivity contribution in [3.63, 3.8) is 0 Å². The van der Waals surface area contributed by atoms with E-state index in [0.29, 0.717) is 13.0 Å². The van der Waals surface area contributed by atoms with Crippen LogP contribution in [0.15, 0.2) is 48.5 Å². The Morgan fingerprint density at radius 2 is 1.73 bits per heavy atom. The van der Waals surface area contributed by atoms with Gasteiger partial charge in [-0.2, -0.15) is 0 Å². The van der Waals surface area contributed by atoms with Crippen LogP contribution in [0.2, 0.25) is 0 Å². The average Bonchev–Trinajstić information content (AvgIpc) is 3.12. The van der Waals surface area contributed by atoms with Gasteiger partial charge in [0.15, 0.2) is 0 Å². The Morgan fingerprint density at radius 1 is 0.962 bits per heavy atom. The minimum atomic E-state index is -3.31. The summed E-state index contributed by atoms with van der Waals surface area (Å²) >= 11 is 0. The summed E-state index contributed by atoms with van der Waals surface area (Å²) in [5, 5.41) is 0. The third kappa shape index (κ3) is 3.57. The summed E-state index contributed by atoms with van der Waals surface area (Å²) < 4.78 is 32.7. The van der Waals surface area contributed by atoms with E-state index in [-0.39, 0.29) is 5.75 Å². The molecule has 138 valence electrons. The number of hydrogen-bond donors (Lipinski definition) is 0. The highest BCUT2D eigenvalue weighted by atomic mass is 32.2. The SMILES string of the molecule is O=S(=O)(CCc1ccccc1)N1CCc2cc(N3CCOCC3)ccc21. The molecule has 0 aliphatic carbocycles. The maximum atomic E-state index is 12.9. The highest BCUT2D eigenvalue weighted by molar-refractivity contribution is 7.92. The largest absolute Gasteiger partial charge is 0.378 e. The topological polar surface area (TPSA) is 49.9 Å². The summed E-state index contributed by atoms with van der Waals surface area (Å²) in [7, 11) is -3.31. The van der Waals surface area contributed by atoms with Crippen LogP contribution in [0, 0.1) is 0 Å². The molecule has 0 aromatic heterocycles. The quantitative estimate of drug-likeness (QED) is 0.809. The van der Waals surface area contributed by atoms with E-state index in [1.54, 1.807) is 4.31 Å². The minimum absolute atomic E-state index is 0.141. The maximum Gasteiger partial charge on any atom is 0.235 e. The molecule has 0 unspecified atom stereocenters. The first-order valence-corrected chi connectivity index (χ1v) is 10.7. The molecule has 0 saturated carbocycles. The van der Waals surface area contributed by atoms with Crippen LogP contribution in [-0.2, 0) is 27.6 Å². The molecule has 0 bridgehead atoms. The molecular formula is C20H24N2O3S. The molecule has 0 amide bonds. The Balaban J connectivity index is 1.49. The monoisotopic (exact) mass is 372 g/mol. The third-order valence-electron chi connectivity index (χ3n) is 5.12. The van der Waals surface area contributed by atoms with Gasteiger partial charge in [0.25, 0.3) is 0 Å². The van der Waals surface area contributed by atoms with Crippen LogP contribution in [-0.4, -0.2) is 47.0 Å². The van der Waals surface area contributed by atoms with E-state index in [0.717, 1.165) is 55.2 Å². The Morgan fingerprint density at radius 3 is 2.50 bits per heavy atom. The van der Waals surface area contributed by atoms with Gasteiger partial charge in [-0.25, -0.2) is 8.42 Å². The zero-order valence-corrected chi connectivity index (χ0v) is 15.6. The molecule has 2 aliphatic rings. The first-order valence-electron chi connectivity index (χ1n) is 9.13. The second kappa shape index (κ2) is 7.29.